The van der Waals surface area contributed by atoms with Gasteiger partial charge in [0, 0.05) is 4.88 Å². The molecule has 1 aliphatic heterocycles. The Hall–Kier alpha value is -3.29. The molecular formula is C25H22ClNO5S. The van der Waals surface area contributed by atoms with E-state index in [2.05, 4.69) is 0 Å². The number of hydrogen-bond donors (Lipinski definition) is 1. The zero-order valence-corrected chi connectivity index (χ0v) is 19.9. The molecule has 0 spiro atoms. The van der Waals surface area contributed by atoms with Crippen LogP contribution in [0.3, 0.4) is 0 Å². The summed E-state index contributed by atoms with van der Waals surface area (Å²) in [6.07, 6.45) is 0. The normalized spacial score (nSPS) is 17.5. The maximum Gasteiger partial charge on any atom is 0.295 e. The summed E-state index contributed by atoms with van der Waals surface area (Å²) >= 11 is 7.82. The minimum absolute atomic E-state index is 0.0234. The van der Waals surface area contributed by atoms with Crippen LogP contribution in [0.15, 0.2) is 59.5 Å². The highest BCUT2D eigenvalue weighted by atomic mass is 35.5. The van der Waals surface area contributed by atoms with Crippen LogP contribution in [-0.4, -0.2) is 35.9 Å². The van der Waals surface area contributed by atoms with Crippen molar-refractivity contribution >= 4 is 40.4 Å². The average Bonchev–Trinajstić information content (AvgIpc) is 3.40. The van der Waals surface area contributed by atoms with E-state index in [1.165, 1.54) is 23.3 Å². The van der Waals surface area contributed by atoms with Gasteiger partial charge in [-0.05, 0) is 53.8 Å². The number of methoxy groups -OCH3 is 2. The van der Waals surface area contributed by atoms with Crippen LogP contribution in [0.4, 0.5) is 0 Å². The lowest BCUT2D eigenvalue weighted by Crippen LogP contribution is -2.28. The van der Waals surface area contributed by atoms with E-state index in [1.54, 1.807) is 43.5 Å². The van der Waals surface area contributed by atoms with Crippen LogP contribution < -0.4 is 9.47 Å². The van der Waals surface area contributed by atoms with Crippen LogP contribution in [0.25, 0.3) is 5.76 Å². The van der Waals surface area contributed by atoms with E-state index in [9.17, 15) is 14.7 Å². The van der Waals surface area contributed by atoms with Gasteiger partial charge in [-0.15, -0.1) is 11.3 Å². The molecule has 170 valence electrons. The van der Waals surface area contributed by atoms with Crippen LogP contribution in [0.5, 0.6) is 11.5 Å². The Bertz CT molecular complexity index is 1250. The van der Waals surface area contributed by atoms with E-state index in [0.29, 0.717) is 16.3 Å². The molecule has 0 radical (unpaired) electrons. The molecule has 1 atom stereocenters. The van der Waals surface area contributed by atoms with Crippen molar-refractivity contribution in [1.29, 1.82) is 0 Å². The van der Waals surface area contributed by atoms with Crippen molar-refractivity contribution in [2.75, 3.05) is 14.2 Å². The molecule has 8 heteroatoms. The van der Waals surface area contributed by atoms with Gasteiger partial charge < -0.3 is 19.5 Å². The second kappa shape index (κ2) is 9.29. The molecule has 1 fully saturated rings. The number of carbonyl (C=O) groups is 2. The average molecular weight is 484 g/mol. The van der Waals surface area contributed by atoms with Crippen molar-refractivity contribution in [2.45, 2.75) is 19.5 Å². The molecule has 2 heterocycles. The Morgan fingerprint density at radius 2 is 1.91 bits per heavy atom. The van der Waals surface area contributed by atoms with E-state index >= 15 is 0 Å². The van der Waals surface area contributed by atoms with Gasteiger partial charge >= 0.3 is 0 Å². The summed E-state index contributed by atoms with van der Waals surface area (Å²) in [4.78, 5) is 28.8. The van der Waals surface area contributed by atoms with Crippen molar-refractivity contribution in [2.24, 2.45) is 0 Å². The zero-order chi connectivity index (χ0) is 23.7. The van der Waals surface area contributed by atoms with Gasteiger partial charge in [0.2, 0.25) is 0 Å². The summed E-state index contributed by atoms with van der Waals surface area (Å²) in [5, 5.41) is 13.6. The topological polar surface area (TPSA) is 76.1 Å². The second-order valence-electron chi connectivity index (χ2n) is 7.61. The highest BCUT2D eigenvalue weighted by Gasteiger charge is 2.46. The Kier molecular flexibility index (Phi) is 6.44. The highest BCUT2D eigenvalue weighted by molar-refractivity contribution is 7.09. The predicted octanol–water partition coefficient (Wildman–Crippen LogP) is 5.35. The predicted molar refractivity (Wildman–Crippen MR) is 128 cm³/mol. The quantitative estimate of drug-likeness (QED) is 0.290. The standard InChI is InChI=1S/C25H22ClNO5S/c1-14-10-18(24(32-3)19(26)11-14)22(28)20-21(15-6-4-7-16(12-15)31-2)27(25(30)23(20)29)13-17-8-5-9-33-17/h4-12,21,28H,13H2,1-3H3/b22-20+. The summed E-state index contributed by atoms with van der Waals surface area (Å²) in [7, 11) is 2.98. The fraction of sp³-hybridized carbons (Fsp3) is 0.200. The van der Waals surface area contributed by atoms with Crippen molar-refractivity contribution in [3.63, 3.8) is 0 Å². The number of Topliss-reactive ketones (excluding diaryl/α,β-unsaturated/α-hetero) is 1. The lowest BCUT2D eigenvalue weighted by molar-refractivity contribution is -0.140. The second-order valence-corrected chi connectivity index (χ2v) is 9.05. The van der Waals surface area contributed by atoms with Gasteiger partial charge in [0.25, 0.3) is 11.7 Å². The molecule has 4 rings (SSSR count). The summed E-state index contributed by atoms with van der Waals surface area (Å²) in [5.41, 5.74) is 1.65. The molecular weight excluding hydrogens is 462 g/mol. The summed E-state index contributed by atoms with van der Waals surface area (Å²) in [6, 6.07) is 13.5. The SMILES string of the molecule is COc1cccc(C2/C(=C(\O)c3cc(C)cc(Cl)c3OC)C(=O)C(=O)N2Cc2cccs2)c1. The van der Waals surface area contributed by atoms with Gasteiger partial charge in [-0.2, -0.15) is 0 Å². The van der Waals surface area contributed by atoms with Crippen LogP contribution in [-0.2, 0) is 16.1 Å². The number of hydrogen-bond acceptors (Lipinski definition) is 6. The number of aliphatic hydroxyl groups excluding tert-OH is 1. The fourth-order valence-electron chi connectivity index (χ4n) is 4.03. The molecule has 33 heavy (non-hydrogen) atoms. The van der Waals surface area contributed by atoms with Crippen molar-refractivity contribution < 1.29 is 24.2 Å². The number of halogens is 1. The Balaban J connectivity index is 1.95. The highest BCUT2D eigenvalue weighted by Crippen LogP contribution is 2.44. The van der Waals surface area contributed by atoms with Crippen molar-refractivity contribution in [3.8, 4) is 11.5 Å². The minimum atomic E-state index is -0.814. The number of ether oxygens (including phenoxy) is 2. The molecule has 0 aliphatic carbocycles. The van der Waals surface area contributed by atoms with E-state index in [-0.39, 0.29) is 29.2 Å². The third-order valence-corrected chi connectivity index (χ3v) is 6.64. The number of thiophene rings is 1. The van der Waals surface area contributed by atoms with Crippen LogP contribution in [0, 0.1) is 6.92 Å². The van der Waals surface area contributed by atoms with Crippen LogP contribution >= 0.6 is 22.9 Å². The summed E-state index contributed by atoms with van der Waals surface area (Å²) in [6.45, 7) is 2.05. The molecule has 1 N–H and O–H groups in total. The number of carbonyl (C=O) groups excluding carboxylic acids is 2. The number of aryl methyl sites for hydroxylation is 1. The monoisotopic (exact) mass is 483 g/mol. The molecule has 1 aromatic heterocycles. The lowest BCUT2D eigenvalue weighted by Gasteiger charge is -2.25. The number of benzene rings is 2. The Labute approximate surface area is 200 Å². The third-order valence-electron chi connectivity index (χ3n) is 5.50. The fourth-order valence-corrected chi connectivity index (χ4v) is 5.08. The number of likely N-dealkylation sites (tertiary alicyclic amines) is 1. The number of aliphatic hydroxyl groups is 1. The van der Waals surface area contributed by atoms with Gasteiger partial charge in [0.05, 0.1) is 43.0 Å². The smallest absolute Gasteiger partial charge is 0.295 e. The molecule has 1 saturated heterocycles. The summed E-state index contributed by atoms with van der Waals surface area (Å²) in [5.74, 6) is -0.983. The van der Waals surface area contributed by atoms with E-state index in [0.717, 1.165) is 10.4 Å². The zero-order valence-electron chi connectivity index (χ0n) is 18.3. The maximum absolute atomic E-state index is 13.3. The van der Waals surface area contributed by atoms with E-state index in [4.69, 9.17) is 21.1 Å². The lowest BCUT2D eigenvalue weighted by atomic mass is 9.94. The largest absolute Gasteiger partial charge is 0.507 e. The van der Waals surface area contributed by atoms with Crippen molar-refractivity contribution in [1.82, 2.24) is 4.90 Å². The maximum atomic E-state index is 13.3. The molecule has 2 aromatic carbocycles. The van der Waals surface area contributed by atoms with Gasteiger partial charge in [-0.3, -0.25) is 9.59 Å². The van der Waals surface area contributed by atoms with Gasteiger partial charge in [0.15, 0.2) is 0 Å². The first kappa shape index (κ1) is 22.9. The molecule has 6 nitrogen and oxygen atoms in total. The van der Waals surface area contributed by atoms with E-state index in [1.807, 2.05) is 24.4 Å². The van der Waals surface area contributed by atoms with Gasteiger partial charge in [-0.25, -0.2) is 0 Å². The Morgan fingerprint density at radius 3 is 2.58 bits per heavy atom. The Morgan fingerprint density at radius 1 is 1.12 bits per heavy atom. The summed E-state index contributed by atoms with van der Waals surface area (Å²) < 4.78 is 10.8. The number of amides is 1. The molecule has 1 amide bonds. The van der Waals surface area contributed by atoms with Gasteiger partial charge in [0.1, 0.15) is 17.3 Å². The molecule has 1 aliphatic rings. The first-order valence-electron chi connectivity index (χ1n) is 10.1. The van der Waals surface area contributed by atoms with Gasteiger partial charge in [-0.1, -0.05) is 29.8 Å². The number of nitrogens with zero attached hydrogens (tertiary/aromatic N) is 1. The molecule has 0 bridgehead atoms. The first-order valence-corrected chi connectivity index (χ1v) is 11.4. The third kappa shape index (κ3) is 4.21. The van der Waals surface area contributed by atoms with E-state index < -0.39 is 17.7 Å². The molecule has 1 unspecified atom stereocenters. The minimum Gasteiger partial charge on any atom is -0.507 e. The number of rotatable bonds is 6. The van der Waals surface area contributed by atoms with Crippen LogP contribution in [0.2, 0.25) is 5.02 Å². The first-order chi connectivity index (χ1) is 15.8. The molecule has 0 saturated carbocycles. The van der Waals surface area contributed by atoms with Crippen molar-refractivity contribution in [3.05, 3.63) is 86.1 Å². The van der Waals surface area contributed by atoms with Crippen LogP contribution in [0.1, 0.15) is 27.6 Å². The molecule has 3 aromatic rings. The number of ketones is 1.